The number of hydrogen-bond acceptors (Lipinski definition) is 5. The number of nitrogen functional groups attached to an aromatic ring is 1. The monoisotopic (exact) mass is 827 g/mol. The van der Waals surface area contributed by atoms with Crippen molar-refractivity contribution in [3.05, 3.63) is 230 Å². The molecular weight excluding hydrogens is 761 g/mol. The summed E-state index contributed by atoms with van der Waals surface area (Å²) in [6.07, 6.45) is 0. The van der Waals surface area contributed by atoms with Gasteiger partial charge in [0, 0.05) is 76.7 Å². The Labute approximate surface area is 397 Å². The number of nitrogens with zero attached hydrogens (tertiary/aromatic N) is 3. The van der Waals surface area contributed by atoms with Gasteiger partial charge >= 0.3 is 0 Å². The van der Waals surface area contributed by atoms with Crippen molar-refractivity contribution in [3.63, 3.8) is 0 Å². The molecule has 5 heteroatoms. The van der Waals surface area contributed by atoms with Crippen molar-refractivity contribution >= 4 is 110 Å². The first-order valence-corrected chi connectivity index (χ1v) is 19.2. The second kappa shape index (κ2) is 15.4. The van der Waals surface area contributed by atoms with Crippen LogP contribution in [0.4, 0.5) is 56.9 Å². The Morgan fingerprint density at radius 2 is 0.869 bits per heavy atom. The molecule has 0 unspecified atom stereocenters. The Bertz CT molecular complexity index is 4770. The van der Waals surface area contributed by atoms with E-state index in [-0.39, 0.29) is 11.1 Å². The molecule has 1 heterocycles. The Kier molecular flexibility index (Phi) is 4.48. The van der Waals surface area contributed by atoms with Crippen molar-refractivity contribution in [1.82, 2.24) is 0 Å². The van der Waals surface area contributed by atoms with Crippen molar-refractivity contribution in [2.24, 2.45) is 0 Å². The van der Waals surface area contributed by atoms with Gasteiger partial charge in [-0.25, -0.2) is 0 Å². The average molecular weight is 828 g/mol. The lowest BCUT2D eigenvalue weighted by atomic mass is 9.98. The first-order valence-electron chi connectivity index (χ1n) is 31.8. The van der Waals surface area contributed by atoms with E-state index in [0.29, 0.717) is 20.6 Å². The van der Waals surface area contributed by atoms with E-state index in [1.165, 1.54) is 6.07 Å². The SMILES string of the molecule is [2H]c1c([2H])c([2H])c(N(c2c([2H])c([2H])c([2H])c(N)c2[2H])c2c([2H])c([2H])c([2H])c(N(c3c([2H])c([2H])c([2H])c([2H])c3[2H])c3c([2H])c([2H])c([2H])c(N(c4c([2H])c([2H])c([2H])c([2H])c4[2H])c4cccc5c4ccc4cc6sc7ccccc7c6cc45)c3[2H])c2[2H])c([2H])c1[2H]. The molecule has 0 bridgehead atoms. The summed E-state index contributed by atoms with van der Waals surface area (Å²) in [5.74, 6) is 0. The van der Waals surface area contributed by atoms with E-state index >= 15 is 0 Å². The fourth-order valence-electron chi connectivity index (χ4n) is 7.13. The molecule has 0 spiro atoms. The van der Waals surface area contributed by atoms with Gasteiger partial charge in [-0.1, -0.05) is 115 Å². The van der Waals surface area contributed by atoms with Gasteiger partial charge < -0.3 is 20.4 Å². The van der Waals surface area contributed by atoms with Gasteiger partial charge in [0.25, 0.3) is 0 Å². The van der Waals surface area contributed by atoms with E-state index < -0.39 is 214 Å². The third kappa shape index (κ3) is 6.67. The lowest BCUT2D eigenvalue weighted by molar-refractivity contribution is 1.24. The molecule has 0 saturated heterocycles. The minimum Gasteiger partial charge on any atom is -0.399 e. The lowest BCUT2D eigenvalue weighted by Crippen LogP contribution is -2.14. The predicted octanol–water partition coefficient (Wildman–Crippen LogP) is 16.4. The summed E-state index contributed by atoms with van der Waals surface area (Å²) in [5, 5.41) is 3.96. The number of nitrogens with two attached hydrogens (primary N) is 1. The Hall–Kier alpha value is -7.86. The van der Waals surface area contributed by atoms with Crippen LogP contribution in [0.5, 0.6) is 0 Å². The molecule has 1 aromatic heterocycles. The quantitative estimate of drug-likeness (QED) is 0.116. The van der Waals surface area contributed by atoms with Crippen LogP contribution in [0.15, 0.2) is 230 Å². The molecule has 11 rings (SSSR count). The van der Waals surface area contributed by atoms with Crippen molar-refractivity contribution in [3.8, 4) is 0 Å². The van der Waals surface area contributed by atoms with Crippen molar-refractivity contribution in [2.45, 2.75) is 0 Å². The van der Waals surface area contributed by atoms with Gasteiger partial charge in [0.15, 0.2) is 0 Å². The number of anilines is 10. The fourth-order valence-corrected chi connectivity index (χ4v) is 8.27. The summed E-state index contributed by atoms with van der Waals surface area (Å²) in [7, 11) is 0. The molecule has 11 aromatic rings. The maximum atomic E-state index is 10.4. The van der Waals surface area contributed by atoms with Crippen LogP contribution in [0.1, 0.15) is 37.0 Å². The van der Waals surface area contributed by atoms with E-state index in [1.807, 2.05) is 36.4 Å². The smallest absolute Gasteiger partial charge is 0.0667 e. The normalized spacial score (nSPS) is 17.5. The topological polar surface area (TPSA) is 35.7 Å². The number of hydrogen-bond donors (Lipinski definition) is 1. The van der Waals surface area contributed by atoms with Crippen LogP contribution in [0.3, 0.4) is 0 Å². The fraction of sp³-hybridized carbons (Fsp3) is 0. The van der Waals surface area contributed by atoms with Gasteiger partial charge in [-0.2, -0.15) is 0 Å². The van der Waals surface area contributed by atoms with Gasteiger partial charge in [-0.15, -0.1) is 11.3 Å². The van der Waals surface area contributed by atoms with Crippen LogP contribution in [0, 0.1) is 0 Å². The second-order valence-corrected chi connectivity index (χ2v) is 14.3. The molecule has 0 aliphatic carbocycles. The van der Waals surface area contributed by atoms with Crippen LogP contribution in [-0.2, 0) is 0 Å². The molecule has 10 aromatic carbocycles. The molecule has 61 heavy (non-hydrogen) atoms. The minimum absolute atomic E-state index is 0.109. The largest absolute Gasteiger partial charge is 0.399 e. The van der Waals surface area contributed by atoms with Gasteiger partial charge in [0.05, 0.1) is 42.7 Å². The van der Waals surface area contributed by atoms with Crippen LogP contribution in [0.2, 0.25) is 0 Å². The third-order valence-electron chi connectivity index (χ3n) is 9.67. The Balaban J connectivity index is 1.32. The molecule has 0 saturated carbocycles. The zero-order valence-electron chi connectivity index (χ0n) is 58.2. The third-order valence-corrected chi connectivity index (χ3v) is 10.8. The Morgan fingerprint density at radius 1 is 0.361 bits per heavy atom. The molecule has 2 N–H and O–H groups in total. The van der Waals surface area contributed by atoms with Gasteiger partial charge in [0.2, 0.25) is 0 Å². The van der Waals surface area contributed by atoms with E-state index in [0.717, 1.165) is 30.5 Å². The molecule has 0 aliphatic heterocycles. The molecule has 0 fully saturated rings. The molecule has 0 amide bonds. The highest BCUT2D eigenvalue weighted by molar-refractivity contribution is 7.25. The predicted molar refractivity (Wildman–Crippen MR) is 263 cm³/mol. The minimum atomic E-state index is -1.37. The first-order chi connectivity index (χ1) is 41.4. The first kappa shape index (κ1) is 17.8. The molecule has 0 aliphatic rings. The summed E-state index contributed by atoms with van der Waals surface area (Å²) in [6.45, 7) is 0. The second-order valence-electron chi connectivity index (χ2n) is 13.2. The molecule has 4 nitrogen and oxygen atoms in total. The van der Waals surface area contributed by atoms with E-state index in [2.05, 4.69) is 0 Å². The van der Waals surface area contributed by atoms with Crippen molar-refractivity contribution < 1.29 is 37.0 Å². The van der Waals surface area contributed by atoms with Gasteiger partial charge in [0.1, 0.15) is 0 Å². The summed E-state index contributed by atoms with van der Waals surface area (Å²) in [4.78, 5) is 1.61. The highest BCUT2D eigenvalue weighted by Gasteiger charge is 2.21. The standard InChI is InChI=1S/C56H40N4S/c57-40-16-12-23-44(35-40)58(41-17-4-1-5-18-41)45-24-13-25-46(36-45)59(42-19-6-2-7-20-42)47-26-14-27-48(37-47)60(43-21-8-3-9-22-43)54-30-15-29-49-50(54)33-32-39-34-56-53(38-52(39)49)51-28-10-11-31-55(51)61-56/h1-38H,57H2/i1D,2D,3D,4D,5D,6D,7D,8D,9D,12D,13D,14D,16D,17D,18D,19D,20D,21D,22D,23D,24D,25D,26D,27D,35D,36D,37D. The number of thiophene rings is 1. The zero-order chi connectivity index (χ0) is 64.2. The summed E-state index contributed by atoms with van der Waals surface area (Å²) < 4.78 is 250. The van der Waals surface area contributed by atoms with Crippen molar-refractivity contribution in [2.75, 3.05) is 20.4 Å². The number of para-hydroxylation sites is 3. The van der Waals surface area contributed by atoms with Gasteiger partial charge in [-0.05, 0) is 131 Å². The van der Waals surface area contributed by atoms with Crippen LogP contribution in [-0.4, -0.2) is 0 Å². The Morgan fingerprint density at radius 3 is 1.49 bits per heavy atom. The highest BCUT2D eigenvalue weighted by Crippen LogP contribution is 2.46. The highest BCUT2D eigenvalue weighted by atomic mass is 32.1. The maximum Gasteiger partial charge on any atom is 0.0667 e. The molecule has 0 radical (unpaired) electrons. The van der Waals surface area contributed by atoms with E-state index in [1.54, 1.807) is 35.6 Å². The number of rotatable bonds is 9. The van der Waals surface area contributed by atoms with Crippen LogP contribution >= 0.6 is 11.3 Å². The summed E-state index contributed by atoms with van der Waals surface area (Å²) in [6, 6.07) is -9.76. The molecule has 290 valence electrons. The van der Waals surface area contributed by atoms with E-state index in [4.69, 9.17) is 26.3 Å². The van der Waals surface area contributed by atoms with Gasteiger partial charge in [-0.3, -0.25) is 0 Å². The van der Waals surface area contributed by atoms with Crippen molar-refractivity contribution in [1.29, 1.82) is 0 Å². The number of benzene rings is 10. The molecular formula is C56H40N4S. The average Bonchev–Trinajstić information content (AvgIpc) is 0.883. The zero-order valence-corrected chi connectivity index (χ0v) is 32.0. The lowest BCUT2D eigenvalue weighted by Gasteiger charge is -2.31. The van der Waals surface area contributed by atoms with Crippen LogP contribution < -0.4 is 20.4 Å². The van der Waals surface area contributed by atoms with Crippen LogP contribution in [0.25, 0.3) is 41.7 Å². The molecule has 0 atom stereocenters. The summed E-state index contributed by atoms with van der Waals surface area (Å²) in [5.41, 5.74) is -3.20. The summed E-state index contributed by atoms with van der Waals surface area (Å²) >= 11 is 1.56. The van der Waals surface area contributed by atoms with E-state index in [9.17, 15) is 16.4 Å². The number of fused-ring (bicyclic) bond motifs is 6. The maximum absolute atomic E-state index is 10.4.